The lowest BCUT2D eigenvalue weighted by Crippen LogP contribution is -2.14. The maximum Gasteiger partial charge on any atom is 0.161 e. The number of phenols is 1. The summed E-state index contributed by atoms with van der Waals surface area (Å²) < 4.78 is 5.17. The molecule has 6 heteroatoms. The van der Waals surface area contributed by atoms with E-state index < -0.39 is 0 Å². The molecule has 0 saturated carbocycles. The van der Waals surface area contributed by atoms with Crippen molar-refractivity contribution < 1.29 is 14.9 Å². The van der Waals surface area contributed by atoms with Gasteiger partial charge in [-0.15, -0.1) is 0 Å². The maximum atomic E-state index is 9.78. The summed E-state index contributed by atoms with van der Waals surface area (Å²) in [5.41, 5.74) is 2.73. The van der Waals surface area contributed by atoms with E-state index in [-0.39, 0.29) is 25.8 Å². The predicted molar refractivity (Wildman–Crippen MR) is 112 cm³/mol. The minimum Gasteiger partial charge on any atom is -0.504 e. The Morgan fingerprint density at radius 1 is 1.14 bits per heavy atom. The van der Waals surface area contributed by atoms with E-state index in [1.54, 1.807) is 24.4 Å². The molecule has 0 aliphatic rings. The number of benzene rings is 2. The average molecular weight is 381 g/mol. The van der Waals surface area contributed by atoms with Gasteiger partial charge in [0.15, 0.2) is 17.3 Å². The molecule has 1 heterocycles. The van der Waals surface area contributed by atoms with Crippen LogP contribution in [0.3, 0.4) is 0 Å². The number of phenolic OH excluding ortho intramolecular Hbond substituents is 1. The third kappa shape index (κ3) is 4.78. The summed E-state index contributed by atoms with van der Waals surface area (Å²) in [6.07, 6.45) is 2.32. The van der Waals surface area contributed by atoms with Gasteiger partial charge in [0, 0.05) is 23.9 Å². The van der Waals surface area contributed by atoms with Crippen LogP contribution in [0.5, 0.6) is 11.5 Å². The molecular formula is C22H27N3O3. The number of nitrogens with one attached hydrogen (secondary N) is 1. The van der Waals surface area contributed by atoms with E-state index in [4.69, 9.17) is 4.74 Å². The molecule has 6 nitrogen and oxygen atoms in total. The Kier molecular flexibility index (Phi) is 7.35. The zero-order valence-corrected chi connectivity index (χ0v) is 15.4. The van der Waals surface area contributed by atoms with Gasteiger partial charge in [-0.3, -0.25) is 0 Å². The number of aliphatic hydroxyl groups is 1. The standard InChI is InChI=1S/C21H23N3O3.CH4/c1-14-13-22-21(16-8-9-18(26)19(12-16)27-2)24-20(14)23-17(10-11-25)15-6-4-3-5-7-15;/h3-9,12-13,17,25-26H,10-11H2,1-2H3,(H,22,23,24);1H4. The number of aliphatic hydroxyl groups excluding tert-OH is 1. The van der Waals surface area contributed by atoms with Gasteiger partial charge in [0.05, 0.1) is 13.2 Å². The Morgan fingerprint density at radius 2 is 1.89 bits per heavy atom. The Balaban J connectivity index is 0.00000280. The number of hydrogen-bond donors (Lipinski definition) is 3. The molecule has 28 heavy (non-hydrogen) atoms. The Morgan fingerprint density at radius 3 is 2.57 bits per heavy atom. The van der Waals surface area contributed by atoms with Crippen LogP contribution in [-0.4, -0.2) is 33.9 Å². The van der Waals surface area contributed by atoms with Gasteiger partial charge in [0.25, 0.3) is 0 Å². The van der Waals surface area contributed by atoms with Crippen LogP contribution in [0, 0.1) is 6.92 Å². The molecule has 2 aromatic carbocycles. The smallest absolute Gasteiger partial charge is 0.161 e. The number of ether oxygens (including phenoxy) is 1. The van der Waals surface area contributed by atoms with Gasteiger partial charge in [-0.25, -0.2) is 9.97 Å². The third-order valence-electron chi connectivity index (χ3n) is 4.34. The molecule has 148 valence electrons. The lowest BCUT2D eigenvalue weighted by molar-refractivity contribution is 0.280. The van der Waals surface area contributed by atoms with Gasteiger partial charge >= 0.3 is 0 Å². The Hall–Kier alpha value is -3.12. The molecule has 1 atom stereocenters. The van der Waals surface area contributed by atoms with Crippen molar-refractivity contribution in [2.75, 3.05) is 19.0 Å². The van der Waals surface area contributed by atoms with Crippen molar-refractivity contribution >= 4 is 5.82 Å². The van der Waals surface area contributed by atoms with Crippen LogP contribution in [0.2, 0.25) is 0 Å². The first-order valence-electron chi connectivity index (χ1n) is 8.75. The van der Waals surface area contributed by atoms with E-state index in [1.165, 1.54) is 7.11 Å². The number of aromatic hydroxyl groups is 1. The zero-order valence-electron chi connectivity index (χ0n) is 15.4. The first-order valence-corrected chi connectivity index (χ1v) is 8.75. The molecule has 1 unspecified atom stereocenters. The quantitative estimate of drug-likeness (QED) is 0.564. The lowest BCUT2D eigenvalue weighted by Gasteiger charge is -2.20. The molecule has 0 saturated heterocycles. The second-order valence-electron chi connectivity index (χ2n) is 6.23. The number of aromatic nitrogens is 2. The second kappa shape index (κ2) is 9.71. The third-order valence-corrected chi connectivity index (χ3v) is 4.34. The summed E-state index contributed by atoms with van der Waals surface area (Å²) in [7, 11) is 1.50. The van der Waals surface area contributed by atoms with Crippen molar-refractivity contribution in [3.05, 3.63) is 65.9 Å². The van der Waals surface area contributed by atoms with E-state index in [0.717, 1.165) is 16.7 Å². The van der Waals surface area contributed by atoms with Crippen molar-refractivity contribution in [3.8, 4) is 22.9 Å². The number of rotatable bonds is 7. The van der Waals surface area contributed by atoms with Gasteiger partial charge in [-0.05, 0) is 37.1 Å². The molecule has 3 rings (SSSR count). The van der Waals surface area contributed by atoms with Gasteiger partial charge in [-0.1, -0.05) is 37.8 Å². The number of aryl methyl sites for hydroxylation is 1. The van der Waals surface area contributed by atoms with Crippen LogP contribution in [-0.2, 0) is 0 Å². The number of nitrogens with zero attached hydrogens (tertiary/aromatic N) is 2. The lowest BCUT2D eigenvalue weighted by atomic mass is 10.0. The SMILES string of the molecule is C.COc1cc(-c2ncc(C)c(NC(CCO)c3ccccc3)n2)ccc1O. The topological polar surface area (TPSA) is 87.5 Å². The average Bonchev–Trinajstić information content (AvgIpc) is 2.70. The summed E-state index contributed by atoms with van der Waals surface area (Å²) in [5.74, 6) is 1.67. The molecule has 0 aliphatic heterocycles. The van der Waals surface area contributed by atoms with Crippen LogP contribution in [0.25, 0.3) is 11.4 Å². The van der Waals surface area contributed by atoms with Gasteiger partial charge in [0.1, 0.15) is 5.82 Å². The maximum absolute atomic E-state index is 9.78. The number of methoxy groups -OCH3 is 1. The summed E-state index contributed by atoms with van der Waals surface area (Å²) in [5, 5.41) is 22.7. The molecule has 0 aliphatic carbocycles. The van der Waals surface area contributed by atoms with Crippen molar-refractivity contribution in [1.82, 2.24) is 9.97 Å². The fraction of sp³-hybridized carbons (Fsp3) is 0.273. The first-order chi connectivity index (χ1) is 13.1. The minimum absolute atomic E-state index is 0. The highest BCUT2D eigenvalue weighted by molar-refractivity contribution is 5.63. The van der Waals surface area contributed by atoms with Crippen LogP contribution >= 0.6 is 0 Å². The molecule has 0 spiro atoms. The number of anilines is 1. The van der Waals surface area contributed by atoms with E-state index in [1.807, 2.05) is 37.3 Å². The summed E-state index contributed by atoms with van der Waals surface area (Å²) in [4.78, 5) is 9.06. The van der Waals surface area contributed by atoms with E-state index in [0.29, 0.717) is 23.8 Å². The molecule has 0 bridgehead atoms. The zero-order chi connectivity index (χ0) is 19.2. The molecule has 0 fully saturated rings. The van der Waals surface area contributed by atoms with Crippen LogP contribution < -0.4 is 10.1 Å². The van der Waals surface area contributed by atoms with Crippen molar-refractivity contribution in [1.29, 1.82) is 0 Å². The predicted octanol–water partition coefficient (Wildman–Crippen LogP) is 4.34. The van der Waals surface area contributed by atoms with Crippen LogP contribution in [0.4, 0.5) is 5.82 Å². The van der Waals surface area contributed by atoms with E-state index in [9.17, 15) is 10.2 Å². The molecule has 3 N–H and O–H groups in total. The highest BCUT2D eigenvalue weighted by Crippen LogP contribution is 2.31. The van der Waals surface area contributed by atoms with Crippen molar-refractivity contribution in [2.24, 2.45) is 0 Å². The molecule has 3 aromatic rings. The first kappa shape index (κ1) is 21.2. The van der Waals surface area contributed by atoms with Crippen molar-refractivity contribution in [2.45, 2.75) is 26.8 Å². The minimum atomic E-state index is -0.0630. The van der Waals surface area contributed by atoms with Crippen molar-refractivity contribution in [3.63, 3.8) is 0 Å². The van der Waals surface area contributed by atoms with Gasteiger partial charge in [-0.2, -0.15) is 0 Å². The van der Waals surface area contributed by atoms with Crippen LogP contribution in [0.15, 0.2) is 54.7 Å². The molecule has 0 radical (unpaired) electrons. The number of hydrogen-bond acceptors (Lipinski definition) is 6. The van der Waals surface area contributed by atoms with Gasteiger partial charge < -0.3 is 20.3 Å². The Bertz CT molecular complexity index is 901. The summed E-state index contributed by atoms with van der Waals surface area (Å²) >= 11 is 0. The fourth-order valence-corrected chi connectivity index (χ4v) is 2.85. The molecule has 1 aromatic heterocycles. The fourth-order valence-electron chi connectivity index (χ4n) is 2.85. The van der Waals surface area contributed by atoms with Crippen LogP contribution in [0.1, 0.15) is 31.0 Å². The highest BCUT2D eigenvalue weighted by atomic mass is 16.5. The summed E-state index contributed by atoms with van der Waals surface area (Å²) in [6.45, 7) is 2.00. The summed E-state index contributed by atoms with van der Waals surface area (Å²) in [6, 6.07) is 14.9. The largest absolute Gasteiger partial charge is 0.504 e. The molecule has 0 amide bonds. The monoisotopic (exact) mass is 381 g/mol. The normalized spacial score (nSPS) is 11.4. The highest BCUT2D eigenvalue weighted by Gasteiger charge is 2.15. The second-order valence-corrected chi connectivity index (χ2v) is 6.23. The van der Waals surface area contributed by atoms with Gasteiger partial charge in [0.2, 0.25) is 0 Å². The van der Waals surface area contributed by atoms with E-state index >= 15 is 0 Å². The van der Waals surface area contributed by atoms with E-state index in [2.05, 4.69) is 15.3 Å². The Labute approximate surface area is 165 Å². The molecular weight excluding hydrogens is 354 g/mol.